The molecule has 0 unspecified atom stereocenters. The van der Waals surface area contributed by atoms with E-state index in [0.717, 1.165) is 21.5 Å². The van der Waals surface area contributed by atoms with E-state index in [1.54, 1.807) is 21.9 Å². The molecule has 2 fully saturated rings. The van der Waals surface area contributed by atoms with Crippen LogP contribution in [0.15, 0.2) is 95.0 Å². The van der Waals surface area contributed by atoms with Gasteiger partial charge in [0.15, 0.2) is 11.6 Å². The fourth-order valence-corrected chi connectivity index (χ4v) is 10.5. The number of hydrogen-bond acceptors (Lipinski definition) is 14. The summed E-state index contributed by atoms with van der Waals surface area (Å²) in [5.41, 5.74) is -2.49. The largest absolute Gasteiger partial charge is 0.434 e. The molecule has 4 aromatic carbocycles. The summed E-state index contributed by atoms with van der Waals surface area (Å²) in [7, 11) is 2.74. The highest BCUT2D eigenvalue weighted by Crippen LogP contribution is 2.35. The fraction of sp³-hybridized carbons (Fsp3) is 0.379. The molecule has 10 rings (SSSR count). The van der Waals surface area contributed by atoms with Gasteiger partial charge in [-0.3, -0.25) is 37.9 Å². The molecule has 6 heterocycles. The average Bonchev–Trinajstić information content (AvgIpc) is 1.80. The number of alkyl halides is 4. The van der Waals surface area contributed by atoms with Crippen LogP contribution < -0.4 is 30.4 Å². The van der Waals surface area contributed by atoms with E-state index in [1.807, 2.05) is 44.4 Å². The van der Waals surface area contributed by atoms with Crippen molar-refractivity contribution < 1.29 is 64.0 Å². The minimum Gasteiger partial charge on any atom is -0.434 e. The second-order valence-corrected chi connectivity index (χ2v) is 21.5. The van der Waals surface area contributed by atoms with Crippen molar-refractivity contribution in [2.24, 2.45) is 14.1 Å². The molecule has 2 aliphatic rings. The predicted octanol–water partition coefficient (Wildman–Crippen LogP) is 7.33. The number of nitrogens with zero attached hydrogens (tertiary/aromatic N) is 12. The highest BCUT2D eigenvalue weighted by atomic mass is 19.3. The van der Waals surface area contributed by atoms with E-state index in [4.69, 9.17) is 9.84 Å². The van der Waals surface area contributed by atoms with Crippen LogP contribution in [0.3, 0.4) is 0 Å². The van der Waals surface area contributed by atoms with Gasteiger partial charge in [-0.1, -0.05) is 36.4 Å². The molecular formula is C58H60F8N12O8. The summed E-state index contributed by atoms with van der Waals surface area (Å²) in [6.07, 6.45) is 5.13. The van der Waals surface area contributed by atoms with Crippen molar-refractivity contribution >= 4 is 45.5 Å². The number of para-hydroxylation sites is 2. The lowest BCUT2D eigenvalue weighted by Crippen LogP contribution is -2.55. The number of fused-ring (bicyclic) bond motifs is 2. The number of aliphatic hydroxyl groups is 1. The lowest BCUT2D eigenvalue weighted by atomic mass is 10.1. The molecule has 456 valence electrons. The topological polar surface area (TPSA) is 200 Å². The van der Waals surface area contributed by atoms with Gasteiger partial charge in [-0.15, -0.1) is 0 Å². The molecule has 1 N–H and O–H groups in total. The number of piperazine rings is 2. The zero-order chi connectivity index (χ0) is 62.1. The van der Waals surface area contributed by atoms with Crippen molar-refractivity contribution in [2.75, 3.05) is 62.3 Å². The summed E-state index contributed by atoms with van der Waals surface area (Å²) in [6.45, 7) is 4.66. The van der Waals surface area contributed by atoms with Gasteiger partial charge in [-0.05, 0) is 58.9 Å². The summed E-state index contributed by atoms with van der Waals surface area (Å²) < 4.78 is 134. The monoisotopic (exact) mass is 1200 g/mol. The van der Waals surface area contributed by atoms with E-state index in [-0.39, 0.29) is 99.2 Å². The lowest BCUT2D eigenvalue weighted by molar-refractivity contribution is -0.143. The first-order chi connectivity index (χ1) is 40.8. The van der Waals surface area contributed by atoms with Crippen molar-refractivity contribution in [2.45, 2.75) is 78.6 Å². The first-order valence-corrected chi connectivity index (χ1v) is 27.0. The Kier molecular flexibility index (Phi) is 18.2. The first kappa shape index (κ1) is 61.6. The Balaban J connectivity index is 0.000000206. The standard InChI is InChI=1S/C31H34F4N6O4.C27H26F4N6O4/c1-18-15-39(10-11-40(18)24(42)17-44-31(2,3)4)30-36-13-20(14-37-30)25-22(32)12-21-27(26(25)33)41(38(5)28(21)43)16-19-8-6-7-9-23(19)45-29(34)35;1-15-12-35(7-8-36(15)21(39)14-38)27-32-10-17(11-33-27)22-19(28)9-18-24(23(22)29)37(34(2)25(18)40)13-16-5-3-4-6-20(16)41-26(30)31/h6-9,12-14,18,29H,10-11,15-17H2,1-5H3;3-6,9-11,15,26,38H,7-8,12-14H2,1-2H3/t18-;15-/m11/s1. The van der Waals surface area contributed by atoms with Gasteiger partial charge in [0.05, 0.1) is 40.6 Å². The highest BCUT2D eigenvalue weighted by molar-refractivity contribution is 5.87. The van der Waals surface area contributed by atoms with Gasteiger partial charge in [-0.25, -0.2) is 37.5 Å². The lowest BCUT2D eigenvalue weighted by Gasteiger charge is -2.40. The van der Waals surface area contributed by atoms with Gasteiger partial charge in [0, 0.05) is 112 Å². The van der Waals surface area contributed by atoms with Crippen LogP contribution in [0.5, 0.6) is 11.5 Å². The van der Waals surface area contributed by atoms with E-state index in [0.29, 0.717) is 51.2 Å². The van der Waals surface area contributed by atoms with Gasteiger partial charge in [0.2, 0.25) is 23.7 Å². The Morgan fingerprint density at radius 2 is 1.00 bits per heavy atom. The van der Waals surface area contributed by atoms with Gasteiger partial charge in [0.25, 0.3) is 11.1 Å². The number of carbonyl (C=O) groups excluding carboxylic acids is 2. The Labute approximate surface area is 485 Å². The quantitative estimate of drug-likeness (QED) is 0.100. The third-order valence-corrected chi connectivity index (χ3v) is 14.8. The maximum absolute atomic E-state index is 16.2. The number of anilines is 2. The van der Waals surface area contributed by atoms with Crippen molar-refractivity contribution in [3.63, 3.8) is 0 Å². The molecule has 0 spiro atoms. The number of aliphatic hydroxyl groups excluding tert-OH is 1. The maximum atomic E-state index is 16.2. The number of carbonyl (C=O) groups is 2. The summed E-state index contributed by atoms with van der Waals surface area (Å²) in [5.74, 6) is -4.17. The number of ether oxygens (including phenoxy) is 3. The molecule has 20 nitrogen and oxygen atoms in total. The van der Waals surface area contributed by atoms with Crippen molar-refractivity contribution in [3.8, 4) is 33.8 Å². The third kappa shape index (κ3) is 12.8. The summed E-state index contributed by atoms with van der Waals surface area (Å²) in [4.78, 5) is 74.7. The number of hydrogen-bond donors (Lipinski definition) is 1. The zero-order valence-electron chi connectivity index (χ0n) is 47.7. The molecule has 86 heavy (non-hydrogen) atoms. The Bertz CT molecular complexity index is 3930. The molecule has 2 atom stereocenters. The van der Waals surface area contributed by atoms with E-state index >= 15 is 17.6 Å². The van der Waals surface area contributed by atoms with Crippen LogP contribution in [-0.2, 0) is 41.5 Å². The van der Waals surface area contributed by atoms with Crippen LogP contribution in [0.1, 0.15) is 45.7 Å². The molecule has 28 heteroatoms. The van der Waals surface area contributed by atoms with Gasteiger partial charge in [-0.2, -0.15) is 17.6 Å². The van der Waals surface area contributed by atoms with Crippen molar-refractivity contribution in [1.82, 2.24) is 48.5 Å². The number of benzene rings is 4. The second kappa shape index (κ2) is 25.3. The molecular weight excluding hydrogens is 1140 g/mol. The Morgan fingerprint density at radius 3 is 1.36 bits per heavy atom. The fourth-order valence-electron chi connectivity index (χ4n) is 10.5. The normalized spacial score (nSPS) is 15.7. The van der Waals surface area contributed by atoms with Crippen LogP contribution in [0.2, 0.25) is 0 Å². The van der Waals surface area contributed by atoms with Gasteiger partial charge in [0.1, 0.15) is 47.4 Å². The van der Waals surface area contributed by atoms with Crippen LogP contribution in [0.4, 0.5) is 47.0 Å². The Hall–Kier alpha value is -8.92. The summed E-state index contributed by atoms with van der Waals surface area (Å²) in [5, 5.41) is 8.71. The third-order valence-electron chi connectivity index (χ3n) is 14.8. The van der Waals surface area contributed by atoms with Crippen LogP contribution in [0.25, 0.3) is 44.1 Å². The Morgan fingerprint density at radius 1 is 0.616 bits per heavy atom. The smallest absolute Gasteiger partial charge is 0.387 e. The van der Waals surface area contributed by atoms with Crippen molar-refractivity contribution in [1.29, 1.82) is 0 Å². The molecule has 2 aliphatic heterocycles. The molecule has 0 aliphatic carbocycles. The summed E-state index contributed by atoms with van der Waals surface area (Å²) >= 11 is 0. The maximum Gasteiger partial charge on any atom is 0.387 e. The average molecular weight is 1210 g/mol. The number of rotatable bonds is 15. The van der Waals surface area contributed by atoms with Crippen LogP contribution in [-0.4, -0.2) is 149 Å². The van der Waals surface area contributed by atoms with Crippen molar-refractivity contribution in [3.05, 3.63) is 141 Å². The molecule has 0 saturated carbocycles. The number of aromatic nitrogens is 8. The molecule has 2 saturated heterocycles. The zero-order valence-corrected chi connectivity index (χ0v) is 47.7. The second-order valence-electron chi connectivity index (χ2n) is 21.5. The van der Waals surface area contributed by atoms with E-state index in [1.165, 1.54) is 84.6 Å². The SMILES string of the molecule is C[C@@H]1CN(c2ncc(-c3c(F)cc4c(=O)n(C)n(Cc5ccccc5OC(F)F)c4c3F)cn2)CCN1C(=O)CO.C[C@@H]1CN(c2ncc(-c3c(F)cc4c(=O)n(C)n(Cc5ccccc5OC(F)F)c4c3F)cn2)CCN1C(=O)COC(C)(C)C. The minimum atomic E-state index is -3.09. The first-order valence-electron chi connectivity index (χ1n) is 27.0. The highest BCUT2D eigenvalue weighted by Gasteiger charge is 2.32. The van der Waals surface area contributed by atoms with Gasteiger partial charge < -0.3 is 38.9 Å². The van der Waals surface area contributed by atoms with Crippen LogP contribution >= 0.6 is 0 Å². The van der Waals surface area contributed by atoms with E-state index < -0.39 is 70.9 Å². The molecule has 4 aromatic heterocycles. The van der Waals surface area contributed by atoms with E-state index in [2.05, 4.69) is 29.4 Å². The number of amides is 2. The molecule has 0 bridgehead atoms. The summed E-state index contributed by atoms with van der Waals surface area (Å²) in [6, 6.07) is 13.4. The molecule has 2 amide bonds. The molecule has 0 radical (unpaired) electrons. The number of halogens is 8. The van der Waals surface area contributed by atoms with Gasteiger partial charge >= 0.3 is 13.2 Å². The minimum absolute atomic E-state index is 0.0221. The predicted molar refractivity (Wildman–Crippen MR) is 300 cm³/mol. The molecule has 8 aromatic rings. The van der Waals surface area contributed by atoms with E-state index in [9.17, 15) is 36.7 Å². The van der Waals surface area contributed by atoms with Crippen LogP contribution in [0, 0.1) is 23.3 Å².